The second kappa shape index (κ2) is 9.77. The monoisotopic (exact) mass is 349 g/mol. The van der Waals surface area contributed by atoms with Crippen LogP contribution in [0.1, 0.15) is 13.3 Å². The lowest BCUT2D eigenvalue weighted by atomic mass is 10.1. The van der Waals surface area contributed by atoms with E-state index in [1.54, 1.807) is 7.11 Å². The van der Waals surface area contributed by atoms with Gasteiger partial charge in [-0.05, 0) is 37.9 Å². The topological polar surface area (TPSA) is 67.6 Å². The van der Waals surface area contributed by atoms with Crippen LogP contribution in [-0.2, 0) is 4.79 Å². The van der Waals surface area contributed by atoms with Crippen LogP contribution in [0.15, 0.2) is 24.3 Å². The summed E-state index contributed by atoms with van der Waals surface area (Å²) in [6.07, 6.45) is 0.997. The van der Waals surface area contributed by atoms with E-state index in [0.717, 1.165) is 24.4 Å². The van der Waals surface area contributed by atoms with Gasteiger partial charge in [-0.1, -0.05) is 12.1 Å². The van der Waals surface area contributed by atoms with Gasteiger partial charge in [0.2, 0.25) is 5.91 Å². The van der Waals surface area contributed by atoms with E-state index in [-0.39, 0.29) is 43.3 Å². The zero-order valence-corrected chi connectivity index (χ0v) is 14.6. The third-order valence-electron chi connectivity index (χ3n) is 3.85. The average Bonchev–Trinajstić information content (AvgIpc) is 2.86. The number of hydrogen-bond acceptors (Lipinski definition) is 4. The van der Waals surface area contributed by atoms with Gasteiger partial charge in [0.1, 0.15) is 5.75 Å². The molecule has 2 atom stereocenters. The Kier molecular flexibility index (Phi) is 9.25. The van der Waals surface area contributed by atoms with Crippen LogP contribution in [0.5, 0.6) is 5.75 Å². The highest BCUT2D eigenvalue weighted by Crippen LogP contribution is 2.24. The molecule has 0 bridgehead atoms. The first-order valence-electron chi connectivity index (χ1n) is 7.02. The van der Waals surface area contributed by atoms with Gasteiger partial charge in [0.25, 0.3) is 0 Å². The molecule has 3 N–H and O–H groups in total. The van der Waals surface area contributed by atoms with Crippen LogP contribution in [-0.4, -0.2) is 43.6 Å². The number of amides is 1. The maximum atomic E-state index is 12.3. The molecule has 1 fully saturated rings. The van der Waals surface area contributed by atoms with Gasteiger partial charge in [-0.15, -0.1) is 24.8 Å². The zero-order valence-electron chi connectivity index (χ0n) is 13.0. The number of nitrogens with one attached hydrogen (secondary N) is 1. The van der Waals surface area contributed by atoms with Crippen molar-refractivity contribution in [3.8, 4) is 5.75 Å². The highest BCUT2D eigenvalue weighted by Gasteiger charge is 2.31. The molecular weight excluding hydrogens is 325 g/mol. The van der Waals surface area contributed by atoms with Crippen molar-refractivity contribution in [2.75, 3.05) is 32.1 Å². The molecule has 2 unspecified atom stereocenters. The van der Waals surface area contributed by atoms with Gasteiger partial charge >= 0.3 is 0 Å². The van der Waals surface area contributed by atoms with Crippen molar-refractivity contribution in [3.05, 3.63) is 24.3 Å². The second-order valence-electron chi connectivity index (χ2n) is 5.29. The van der Waals surface area contributed by atoms with Crippen LogP contribution in [0.4, 0.5) is 5.69 Å². The summed E-state index contributed by atoms with van der Waals surface area (Å²) in [5.41, 5.74) is 6.53. The number of ether oxygens (including phenoxy) is 1. The van der Waals surface area contributed by atoms with Crippen LogP contribution in [0.25, 0.3) is 0 Å². The number of benzene rings is 1. The zero-order chi connectivity index (χ0) is 14.5. The molecule has 1 aliphatic heterocycles. The van der Waals surface area contributed by atoms with Crippen LogP contribution < -0.4 is 15.8 Å². The lowest BCUT2D eigenvalue weighted by Crippen LogP contribution is -2.38. The fraction of sp³-hybridized carbons (Fsp3) is 0.533. The van der Waals surface area contributed by atoms with Crippen LogP contribution >= 0.6 is 24.8 Å². The minimum atomic E-state index is 0. The fourth-order valence-corrected chi connectivity index (χ4v) is 2.72. The van der Waals surface area contributed by atoms with Crippen molar-refractivity contribution in [1.82, 2.24) is 4.90 Å². The molecule has 0 aromatic heterocycles. The maximum Gasteiger partial charge on any atom is 0.242 e. The van der Waals surface area contributed by atoms with Crippen molar-refractivity contribution in [3.63, 3.8) is 0 Å². The normalized spacial score (nSPS) is 19.9. The molecule has 1 aromatic rings. The van der Waals surface area contributed by atoms with E-state index in [4.69, 9.17) is 10.5 Å². The summed E-state index contributed by atoms with van der Waals surface area (Å²) in [6.45, 7) is 3.77. The minimum absolute atomic E-state index is 0. The van der Waals surface area contributed by atoms with E-state index in [9.17, 15) is 4.79 Å². The molecule has 1 saturated heterocycles. The fourth-order valence-electron chi connectivity index (χ4n) is 2.72. The Morgan fingerprint density at radius 2 is 2.09 bits per heavy atom. The average molecular weight is 350 g/mol. The third-order valence-corrected chi connectivity index (χ3v) is 3.85. The van der Waals surface area contributed by atoms with Gasteiger partial charge < -0.3 is 20.7 Å². The van der Waals surface area contributed by atoms with Gasteiger partial charge in [-0.3, -0.25) is 4.79 Å². The number of hydrogen-bond donors (Lipinski definition) is 2. The molecule has 5 nitrogen and oxygen atoms in total. The molecule has 126 valence electrons. The van der Waals surface area contributed by atoms with E-state index in [0.29, 0.717) is 12.5 Å². The SMILES string of the molecule is COc1ccccc1NCC(=O)N1CC(CN)CC1C.Cl.Cl. The van der Waals surface area contributed by atoms with E-state index in [1.165, 1.54) is 0 Å². The van der Waals surface area contributed by atoms with Crippen LogP contribution in [0.3, 0.4) is 0 Å². The Hall–Kier alpha value is -1.17. The Balaban J connectivity index is 0.00000220. The lowest BCUT2D eigenvalue weighted by molar-refractivity contribution is -0.129. The number of rotatable bonds is 5. The lowest BCUT2D eigenvalue weighted by Gasteiger charge is -2.22. The molecule has 22 heavy (non-hydrogen) atoms. The summed E-state index contributed by atoms with van der Waals surface area (Å²) in [4.78, 5) is 14.2. The predicted octanol–water partition coefficient (Wildman–Crippen LogP) is 2.15. The van der Waals surface area contributed by atoms with E-state index < -0.39 is 0 Å². The number of carbonyl (C=O) groups is 1. The number of nitrogens with two attached hydrogens (primary N) is 1. The van der Waals surface area contributed by atoms with Gasteiger partial charge in [0.05, 0.1) is 19.3 Å². The highest BCUT2D eigenvalue weighted by atomic mass is 35.5. The minimum Gasteiger partial charge on any atom is -0.495 e. The summed E-state index contributed by atoms with van der Waals surface area (Å²) >= 11 is 0. The maximum absolute atomic E-state index is 12.3. The number of anilines is 1. The molecule has 0 aliphatic carbocycles. The molecule has 1 aliphatic rings. The first-order chi connectivity index (χ1) is 9.65. The Morgan fingerprint density at radius 1 is 1.41 bits per heavy atom. The number of halogens is 2. The second-order valence-corrected chi connectivity index (χ2v) is 5.29. The number of likely N-dealkylation sites (tertiary alicyclic amines) is 1. The summed E-state index contributed by atoms with van der Waals surface area (Å²) in [5.74, 6) is 1.29. The predicted molar refractivity (Wildman–Crippen MR) is 94.3 cm³/mol. The Labute approximate surface area is 144 Å². The van der Waals surface area contributed by atoms with Crippen molar-refractivity contribution < 1.29 is 9.53 Å². The van der Waals surface area contributed by atoms with Crippen molar-refractivity contribution in [2.45, 2.75) is 19.4 Å². The summed E-state index contributed by atoms with van der Waals surface area (Å²) in [5, 5.41) is 3.15. The number of methoxy groups -OCH3 is 1. The molecule has 2 rings (SSSR count). The number of para-hydroxylation sites is 2. The molecule has 0 saturated carbocycles. The van der Waals surface area contributed by atoms with Crippen molar-refractivity contribution >= 4 is 36.4 Å². The van der Waals surface area contributed by atoms with Crippen molar-refractivity contribution in [2.24, 2.45) is 11.7 Å². The first-order valence-corrected chi connectivity index (χ1v) is 7.02. The Bertz CT molecular complexity index is 474. The molecule has 0 spiro atoms. The summed E-state index contributed by atoms with van der Waals surface area (Å²) < 4.78 is 5.25. The van der Waals surface area contributed by atoms with Gasteiger partial charge in [0, 0.05) is 12.6 Å². The van der Waals surface area contributed by atoms with E-state index in [1.807, 2.05) is 29.2 Å². The molecule has 7 heteroatoms. The largest absolute Gasteiger partial charge is 0.495 e. The standard InChI is InChI=1S/C15H23N3O2.2ClH/c1-11-7-12(8-16)10-18(11)15(19)9-17-13-5-3-4-6-14(13)20-2;;/h3-6,11-12,17H,7-10,16H2,1-2H3;2*1H. The molecule has 1 amide bonds. The van der Waals surface area contributed by atoms with Crippen LogP contribution in [0.2, 0.25) is 0 Å². The third kappa shape index (κ3) is 4.93. The van der Waals surface area contributed by atoms with Gasteiger partial charge in [0.15, 0.2) is 0 Å². The first kappa shape index (κ1) is 20.8. The van der Waals surface area contributed by atoms with E-state index >= 15 is 0 Å². The smallest absolute Gasteiger partial charge is 0.242 e. The molecular formula is C15H25Cl2N3O2. The molecule has 1 heterocycles. The van der Waals surface area contributed by atoms with Gasteiger partial charge in [-0.25, -0.2) is 0 Å². The molecule has 0 radical (unpaired) electrons. The number of nitrogens with zero attached hydrogens (tertiary/aromatic N) is 1. The Morgan fingerprint density at radius 3 is 2.68 bits per heavy atom. The van der Waals surface area contributed by atoms with Crippen molar-refractivity contribution in [1.29, 1.82) is 0 Å². The quantitative estimate of drug-likeness (QED) is 0.854. The highest BCUT2D eigenvalue weighted by molar-refractivity contribution is 5.85. The van der Waals surface area contributed by atoms with Crippen LogP contribution in [0, 0.1) is 5.92 Å². The summed E-state index contributed by atoms with van der Waals surface area (Å²) in [7, 11) is 1.62. The van der Waals surface area contributed by atoms with E-state index in [2.05, 4.69) is 12.2 Å². The van der Waals surface area contributed by atoms with Gasteiger partial charge in [-0.2, -0.15) is 0 Å². The molecule has 1 aromatic carbocycles. The summed E-state index contributed by atoms with van der Waals surface area (Å²) in [6, 6.07) is 7.87. The number of carbonyl (C=O) groups excluding carboxylic acids is 1.